The van der Waals surface area contributed by atoms with Crippen molar-refractivity contribution in [2.24, 2.45) is 0 Å². The second-order valence-corrected chi connectivity index (χ2v) is 14.1. The van der Waals surface area contributed by atoms with Gasteiger partial charge in [-0.25, -0.2) is 0 Å². The van der Waals surface area contributed by atoms with Crippen molar-refractivity contribution < 1.29 is 0 Å². The molecule has 22 heteroatoms. The molecule has 40 radical (unpaired) electrons. The Morgan fingerprint density at radius 2 is 0.517 bits per heavy atom. The zero-order chi connectivity index (χ0) is 42.5. The highest BCUT2D eigenvalue weighted by Gasteiger charge is 2.28. The molecule has 8 aromatic rings. The van der Waals surface area contributed by atoms with Gasteiger partial charge < -0.3 is 9.13 Å². The molecule has 0 atom stereocenters. The molecule has 218 valence electrons. The fraction of sp³-hybridized carbons (Fsp3) is 0. The lowest BCUT2D eigenvalue weighted by Crippen LogP contribution is -2.55. The van der Waals surface area contributed by atoms with Crippen LogP contribution in [0.5, 0.6) is 0 Å². The van der Waals surface area contributed by atoms with Crippen molar-refractivity contribution in [2.75, 3.05) is 0 Å². The molecule has 0 saturated carbocycles. The maximum Gasteiger partial charge on any atom is 0.117 e. The lowest BCUT2D eigenvalue weighted by atomic mass is 9.60. The second-order valence-electron chi connectivity index (χ2n) is 14.1. The van der Waals surface area contributed by atoms with Gasteiger partial charge in [-0.1, -0.05) is 72.2 Å². The van der Waals surface area contributed by atoms with Gasteiger partial charge in [-0.3, -0.25) is 0 Å². The number of fused-ring (bicyclic) bond motifs is 6. The molecule has 2 heterocycles. The highest BCUT2D eigenvalue weighted by Crippen LogP contribution is 2.31. The molecule has 0 spiro atoms. The van der Waals surface area contributed by atoms with E-state index < -0.39 is 0 Å². The van der Waals surface area contributed by atoms with E-state index in [9.17, 15) is 0 Å². The predicted octanol–water partition coefficient (Wildman–Crippen LogP) is -14.6. The first-order chi connectivity index (χ1) is 27.2. The maximum atomic E-state index is 7.26. The van der Waals surface area contributed by atoms with Crippen molar-refractivity contribution in [2.45, 2.75) is 0 Å². The van der Waals surface area contributed by atoms with E-state index in [1.54, 1.807) is 28.8 Å². The third-order valence-corrected chi connectivity index (χ3v) is 11.2. The zero-order valence-corrected chi connectivity index (χ0v) is 30.8. The fourth-order valence-electron chi connectivity index (χ4n) is 8.05. The quantitative estimate of drug-likeness (QED) is 0.164. The van der Waals surface area contributed by atoms with Gasteiger partial charge in [0, 0.05) is 38.8 Å². The Bertz CT molecular complexity index is 3110. The molecule has 0 aliphatic heterocycles. The van der Waals surface area contributed by atoms with Crippen LogP contribution >= 0.6 is 0 Å². The minimum Gasteiger partial charge on any atom is -0.312 e. The van der Waals surface area contributed by atoms with Gasteiger partial charge in [0.05, 0.1) is 0 Å². The summed E-state index contributed by atoms with van der Waals surface area (Å²) in [4.78, 5) is 0. The van der Waals surface area contributed by atoms with E-state index in [0.717, 1.165) is 0 Å². The smallest absolute Gasteiger partial charge is 0.117 e. The molecule has 0 fully saturated rings. The van der Waals surface area contributed by atoms with E-state index in [0.29, 0.717) is 22.3 Å². The van der Waals surface area contributed by atoms with Crippen molar-refractivity contribution in [1.82, 2.24) is 9.13 Å². The average Bonchev–Trinajstić information content (AvgIpc) is 3.75. The topological polar surface area (TPSA) is 9.86 Å². The first kappa shape index (κ1) is 41.0. The third-order valence-electron chi connectivity index (χ3n) is 11.2. The Balaban J connectivity index is 1.56. The normalized spacial score (nSPS) is 11.8. The van der Waals surface area contributed by atoms with Gasteiger partial charge in [-0.15, -0.1) is 49.2 Å². The van der Waals surface area contributed by atoms with Crippen molar-refractivity contribution in [1.29, 1.82) is 0 Å². The van der Waals surface area contributed by atoms with Gasteiger partial charge in [0.2, 0.25) is 0 Å². The number of benzene rings is 6. The molecule has 0 N–H and O–H groups in total. The molecule has 58 heavy (non-hydrogen) atoms. The van der Waals surface area contributed by atoms with E-state index in [-0.39, 0.29) is 153 Å². The van der Waals surface area contributed by atoms with Crippen molar-refractivity contribution in [3.05, 3.63) is 24.3 Å². The summed E-state index contributed by atoms with van der Waals surface area (Å²) < 4.78 is 3.22. The van der Waals surface area contributed by atoms with E-state index in [4.69, 9.17) is 157 Å². The Morgan fingerprint density at radius 1 is 0.241 bits per heavy atom. The molecular formula is C36H4B20N2. The number of rotatable bonds is 3. The lowest BCUT2D eigenvalue weighted by molar-refractivity contribution is 1.19. The van der Waals surface area contributed by atoms with Gasteiger partial charge in [0.25, 0.3) is 0 Å². The van der Waals surface area contributed by atoms with E-state index in [2.05, 4.69) is 0 Å². The Hall–Kier alpha value is -3.78. The van der Waals surface area contributed by atoms with Crippen LogP contribution in [0.25, 0.3) is 66.1 Å². The van der Waals surface area contributed by atoms with Gasteiger partial charge in [0.1, 0.15) is 157 Å². The molecule has 0 amide bonds. The molecule has 0 unspecified atom stereocenters. The van der Waals surface area contributed by atoms with Crippen LogP contribution < -0.4 is 109 Å². The summed E-state index contributed by atoms with van der Waals surface area (Å²) in [5.74, 6) is 0. The molecule has 2 nitrogen and oxygen atoms in total. The molecule has 0 aliphatic carbocycles. The number of aromatic nitrogens is 2. The number of hydrogen-bond donors (Lipinski definition) is 0. The Labute approximate surface area is 363 Å². The second kappa shape index (κ2) is 13.9. The van der Waals surface area contributed by atoms with E-state index in [1.165, 1.54) is 4.57 Å². The summed E-state index contributed by atoms with van der Waals surface area (Å²) in [5.41, 5.74) is 3.00. The van der Waals surface area contributed by atoms with Crippen LogP contribution in [0, 0.1) is 0 Å². The van der Waals surface area contributed by atoms with Gasteiger partial charge in [0.15, 0.2) is 0 Å². The molecule has 0 aliphatic rings. The van der Waals surface area contributed by atoms with E-state index in [1.807, 2.05) is 0 Å². The average molecular weight is 681 g/mol. The minimum absolute atomic E-state index is 0.00220. The van der Waals surface area contributed by atoms with Crippen LogP contribution in [0.15, 0.2) is 24.3 Å². The summed E-state index contributed by atoms with van der Waals surface area (Å²) in [6.45, 7) is 0. The van der Waals surface area contributed by atoms with Crippen LogP contribution in [0.2, 0.25) is 0 Å². The Kier molecular flexibility index (Phi) is 9.81. The lowest BCUT2D eigenvalue weighted by Gasteiger charge is -2.24. The van der Waals surface area contributed by atoms with Crippen molar-refractivity contribution in [3.63, 3.8) is 0 Å². The van der Waals surface area contributed by atoms with Crippen molar-refractivity contribution in [3.8, 4) is 22.5 Å². The maximum absolute atomic E-state index is 7.26. The number of nitrogens with zero attached hydrogens (tertiary/aromatic N) is 2. The van der Waals surface area contributed by atoms with Gasteiger partial charge >= 0.3 is 0 Å². The molecule has 2 aromatic heterocycles. The van der Waals surface area contributed by atoms with Crippen LogP contribution in [-0.2, 0) is 0 Å². The van der Waals surface area contributed by atoms with Crippen LogP contribution in [0.4, 0.5) is 0 Å². The van der Waals surface area contributed by atoms with E-state index >= 15 is 0 Å². The summed E-state index contributed by atoms with van der Waals surface area (Å²) in [6, 6.07) is 6.93. The van der Waals surface area contributed by atoms with Crippen LogP contribution in [0.3, 0.4) is 0 Å². The summed E-state index contributed by atoms with van der Waals surface area (Å²) >= 11 is 0. The molecule has 0 saturated heterocycles. The predicted molar refractivity (Wildman–Crippen MR) is 268 cm³/mol. The van der Waals surface area contributed by atoms with Gasteiger partial charge in [-0.05, 0) is 39.4 Å². The summed E-state index contributed by atoms with van der Waals surface area (Å²) in [7, 11) is 131. The van der Waals surface area contributed by atoms with Gasteiger partial charge in [-0.2, -0.15) is 0 Å². The monoisotopic (exact) mass is 684 g/mol. The summed E-state index contributed by atoms with van der Waals surface area (Å²) in [5, 5.41) is 1.06. The number of hydrogen-bond acceptors (Lipinski definition) is 0. The molecule has 0 bridgehead atoms. The standard InChI is InChI=1S/C36H4B20N2/c37-12-7(13(38)19(44)23(48)18(12)43)5-1-3-6(4-2-5)57-32-10(16(41)22(47)24(49)27(32)52)11-17(42)36(31(56)30(55)33(11)57)58-34-8(14(39)20(45)25(50)28(34)53)9-15(40)21(46)26(51)29(54)35(9)58/h1-4H. The Morgan fingerprint density at radius 3 is 0.897 bits per heavy atom. The molecule has 6 aromatic carbocycles. The first-order valence-corrected chi connectivity index (χ1v) is 17.2. The largest absolute Gasteiger partial charge is 0.312 e. The van der Waals surface area contributed by atoms with Crippen LogP contribution in [0.1, 0.15) is 0 Å². The molecule has 8 rings (SSSR count). The third kappa shape index (κ3) is 5.21. The van der Waals surface area contributed by atoms with Crippen molar-refractivity contribution >= 4 is 310 Å². The SMILES string of the molecule is [B]c1c([B])c([B])c(-c2ccc(-n3c4c([B])c([B])c([B])c([B])c4c4c([B])c(-n5c6c([B])c([B])c([B])c([B])c6c6c([B])c([B])c([B])c([B])c65)c([B])c([B])c43)cc2)c([B])c1[B]. The van der Waals surface area contributed by atoms with Crippen LogP contribution in [-0.4, -0.2) is 166 Å². The zero-order valence-electron chi connectivity index (χ0n) is 30.8. The minimum atomic E-state index is -0.0577. The highest BCUT2D eigenvalue weighted by atomic mass is 15.0. The summed E-state index contributed by atoms with van der Waals surface area (Å²) in [6.07, 6.45) is 0. The molecular weight excluding hydrogens is 677 g/mol. The fourth-order valence-corrected chi connectivity index (χ4v) is 8.05. The highest BCUT2D eigenvalue weighted by molar-refractivity contribution is 6.74. The first-order valence-electron chi connectivity index (χ1n) is 17.2.